The lowest BCUT2D eigenvalue weighted by Crippen LogP contribution is -2.43. The Kier molecular flexibility index (Phi) is 4.93. The first-order chi connectivity index (χ1) is 10.6. The molecule has 0 aromatic heterocycles. The summed E-state index contributed by atoms with van der Waals surface area (Å²) >= 11 is 0. The fourth-order valence-corrected chi connectivity index (χ4v) is 4.17. The Morgan fingerprint density at radius 2 is 1.86 bits per heavy atom. The SMILES string of the molecule is O=S(=O)(/C=C/c1ccccc1)N1CCC[C@@H](C2OCCO2)C1. The van der Waals surface area contributed by atoms with Crippen LogP contribution in [0.4, 0.5) is 0 Å². The minimum Gasteiger partial charge on any atom is -0.350 e. The Hall–Kier alpha value is -1.21. The van der Waals surface area contributed by atoms with Gasteiger partial charge in [-0.15, -0.1) is 0 Å². The van der Waals surface area contributed by atoms with Crippen molar-refractivity contribution in [2.24, 2.45) is 5.92 Å². The second-order valence-corrected chi connectivity index (χ2v) is 7.45. The third-order valence-electron chi connectivity index (χ3n) is 4.04. The number of ether oxygens (including phenoxy) is 2. The van der Waals surface area contributed by atoms with E-state index in [1.54, 1.807) is 6.08 Å². The average molecular weight is 323 g/mol. The molecule has 0 radical (unpaired) electrons. The fraction of sp³-hybridized carbons (Fsp3) is 0.500. The molecule has 2 fully saturated rings. The van der Waals surface area contributed by atoms with Crippen LogP contribution in [-0.4, -0.2) is 45.3 Å². The summed E-state index contributed by atoms with van der Waals surface area (Å²) in [5, 5.41) is 1.29. The van der Waals surface area contributed by atoms with Gasteiger partial charge >= 0.3 is 0 Å². The summed E-state index contributed by atoms with van der Waals surface area (Å²) in [6.07, 6.45) is 3.17. The van der Waals surface area contributed by atoms with Crippen LogP contribution in [0.1, 0.15) is 18.4 Å². The van der Waals surface area contributed by atoms with Gasteiger partial charge in [-0.3, -0.25) is 0 Å². The average Bonchev–Trinajstić information content (AvgIpc) is 3.09. The van der Waals surface area contributed by atoms with Crippen LogP contribution in [0.25, 0.3) is 6.08 Å². The van der Waals surface area contributed by atoms with E-state index in [1.165, 1.54) is 9.71 Å². The van der Waals surface area contributed by atoms with Crippen LogP contribution >= 0.6 is 0 Å². The maximum atomic E-state index is 12.5. The number of rotatable bonds is 4. The summed E-state index contributed by atoms with van der Waals surface area (Å²) in [6.45, 7) is 2.22. The van der Waals surface area contributed by atoms with Crippen LogP contribution in [0.5, 0.6) is 0 Å². The predicted molar refractivity (Wildman–Crippen MR) is 84.4 cm³/mol. The van der Waals surface area contributed by atoms with Gasteiger partial charge < -0.3 is 9.47 Å². The van der Waals surface area contributed by atoms with Gasteiger partial charge in [0.1, 0.15) is 0 Å². The second kappa shape index (κ2) is 6.91. The van der Waals surface area contributed by atoms with Crippen LogP contribution in [-0.2, 0) is 19.5 Å². The van der Waals surface area contributed by atoms with Gasteiger partial charge in [0.15, 0.2) is 6.29 Å². The lowest BCUT2D eigenvalue weighted by Gasteiger charge is -2.33. The monoisotopic (exact) mass is 323 g/mol. The molecule has 1 aromatic rings. The number of sulfonamides is 1. The number of nitrogens with zero attached hydrogens (tertiary/aromatic N) is 1. The molecule has 0 aliphatic carbocycles. The van der Waals surface area contributed by atoms with E-state index in [0.717, 1.165) is 18.4 Å². The molecular formula is C16H21NO4S. The molecular weight excluding hydrogens is 302 g/mol. The highest BCUT2D eigenvalue weighted by molar-refractivity contribution is 7.92. The minimum atomic E-state index is -3.40. The maximum absolute atomic E-state index is 12.5. The zero-order chi connectivity index (χ0) is 15.4. The van der Waals surface area contributed by atoms with Crippen LogP contribution in [0.15, 0.2) is 35.7 Å². The topological polar surface area (TPSA) is 55.8 Å². The van der Waals surface area contributed by atoms with Crippen molar-refractivity contribution in [2.75, 3.05) is 26.3 Å². The van der Waals surface area contributed by atoms with Crippen molar-refractivity contribution >= 4 is 16.1 Å². The normalized spacial score (nSPS) is 25.0. The van der Waals surface area contributed by atoms with Gasteiger partial charge in [0.25, 0.3) is 0 Å². The molecule has 3 rings (SSSR count). The molecule has 6 heteroatoms. The summed E-state index contributed by atoms with van der Waals surface area (Å²) in [7, 11) is -3.40. The van der Waals surface area contributed by atoms with Gasteiger partial charge in [-0.2, -0.15) is 4.31 Å². The molecule has 22 heavy (non-hydrogen) atoms. The molecule has 0 bridgehead atoms. The van der Waals surface area contributed by atoms with Gasteiger partial charge in [-0.05, 0) is 24.5 Å². The fourth-order valence-electron chi connectivity index (χ4n) is 2.89. The van der Waals surface area contributed by atoms with E-state index >= 15 is 0 Å². The third-order valence-corrected chi connectivity index (χ3v) is 5.58. The summed E-state index contributed by atoms with van der Waals surface area (Å²) in [5.74, 6) is 0.121. The molecule has 0 amide bonds. The zero-order valence-electron chi connectivity index (χ0n) is 12.4. The summed E-state index contributed by atoms with van der Waals surface area (Å²) in [6, 6.07) is 9.44. The van der Waals surface area contributed by atoms with E-state index in [4.69, 9.17) is 9.47 Å². The largest absolute Gasteiger partial charge is 0.350 e. The zero-order valence-corrected chi connectivity index (χ0v) is 13.2. The second-order valence-electron chi connectivity index (χ2n) is 5.63. The maximum Gasteiger partial charge on any atom is 0.236 e. The van der Waals surface area contributed by atoms with E-state index in [9.17, 15) is 8.42 Å². The summed E-state index contributed by atoms with van der Waals surface area (Å²) in [4.78, 5) is 0. The van der Waals surface area contributed by atoms with Crippen molar-refractivity contribution in [1.82, 2.24) is 4.31 Å². The van der Waals surface area contributed by atoms with E-state index in [0.29, 0.717) is 26.3 Å². The molecule has 0 spiro atoms. The van der Waals surface area contributed by atoms with E-state index in [1.807, 2.05) is 30.3 Å². The Balaban J connectivity index is 1.67. The molecule has 0 N–H and O–H groups in total. The molecule has 2 aliphatic rings. The van der Waals surface area contributed by atoms with Gasteiger partial charge in [0, 0.05) is 24.4 Å². The molecule has 5 nitrogen and oxygen atoms in total. The first-order valence-corrected chi connectivity index (χ1v) is 9.12. The van der Waals surface area contributed by atoms with Gasteiger partial charge in [-0.1, -0.05) is 30.3 Å². The Labute approximate surface area is 131 Å². The molecule has 0 saturated carbocycles. The molecule has 0 unspecified atom stereocenters. The van der Waals surface area contributed by atoms with Crippen LogP contribution in [0.3, 0.4) is 0 Å². The number of hydrogen-bond acceptors (Lipinski definition) is 4. The van der Waals surface area contributed by atoms with Crippen molar-refractivity contribution in [2.45, 2.75) is 19.1 Å². The van der Waals surface area contributed by atoms with Crippen LogP contribution in [0, 0.1) is 5.92 Å². The smallest absolute Gasteiger partial charge is 0.236 e. The third kappa shape index (κ3) is 3.76. The van der Waals surface area contributed by atoms with E-state index < -0.39 is 10.0 Å². The highest BCUT2D eigenvalue weighted by Gasteiger charge is 2.34. The highest BCUT2D eigenvalue weighted by Crippen LogP contribution is 2.26. The first-order valence-electron chi connectivity index (χ1n) is 7.62. The number of piperidine rings is 1. The molecule has 2 aliphatic heterocycles. The van der Waals surface area contributed by atoms with E-state index in [2.05, 4.69) is 0 Å². The van der Waals surface area contributed by atoms with Crippen LogP contribution < -0.4 is 0 Å². The molecule has 2 heterocycles. The van der Waals surface area contributed by atoms with Crippen molar-refractivity contribution in [3.05, 3.63) is 41.3 Å². The Morgan fingerprint density at radius 3 is 2.59 bits per heavy atom. The van der Waals surface area contributed by atoms with Gasteiger partial charge in [-0.25, -0.2) is 8.42 Å². The minimum absolute atomic E-state index is 0.121. The summed E-state index contributed by atoms with van der Waals surface area (Å²) < 4.78 is 37.5. The highest BCUT2D eigenvalue weighted by atomic mass is 32.2. The molecule has 1 atom stereocenters. The van der Waals surface area contributed by atoms with Crippen molar-refractivity contribution in [1.29, 1.82) is 0 Å². The standard InChI is InChI=1S/C16H21NO4S/c18-22(19,12-8-14-5-2-1-3-6-14)17-9-4-7-15(13-17)16-20-10-11-21-16/h1-3,5-6,8,12,15-16H,4,7,9-11,13H2/b12-8+/t15-/m1/s1. The summed E-state index contributed by atoms with van der Waals surface area (Å²) in [5.41, 5.74) is 0.877. The molecule has 1 aromatic carbocycles. The first kappa shape index (κ1) is 15.7. The van der Waals surface area contributed by atoms with Gasteiger partial charge in [0.2, 0.25) is 10.0 Å². The van der Waals surface area contributed by atoms with Crippen molar-refractivity contribution < 1.29 is 17.9 Å². The van der Waals surface area contributed by atoms with Gasteiger partial charge in [0.05, 0.1) is 13.2 Å². The lowest BCUT2D eigenvalue weighted by atomic mass is 9.99. The number of hydrogen-bond donors (Lipinski definition) is 0. The Morgan fingerprint density at radius 1 is 1.14 bits per heavy atom. The van der Waals surface area contributed by atoms with Crippen LogP contribution in [0.2, 0.25) is 0 Å². The molecule has 120 valence electrons. The predicted octanol–water partition coefficient (Wildman–Crippen LogP) is 2.07. The Bertz CT molecular complexity index is 608. The number of benzene rings is 1. The van der Waals surface area contributed by atoms with E-state index in [-0.39, 0.29) is 12.2 Å². The van der Waals surface area contributed by atoms with Crippen molar-refractivity contribution in [3.8, 4) is 0 Å². The quantitative estimate of drug-likeness (QED) is 0.851. The lowest BCUT2D eigenvalue weighted by molar-refractivity contribution is -0.0939. The van der Waals surface area contributed by atoms with Crippen molar-refractivity contribution in [3.63, 3.8) is 0 Å². The molecule has 2 saturated heterocycles.